The van der Waals surface area contributed by atoms with Crippen LogP contribution in [0.2, 0.25) is 0 Å². The Labute approximate surface area is 106 Å². The van der Waals surface area contributed by atoms with Crippen LogP contribution in [-0.2, 0) is 0 Å². The Morgan fingerprint density at radius 3 is 2.75 bits per heavy atom. The van der Waals surface area contributed by atoms with Crippen molar-refractivity contribution >= 4 is 12.4 Å². The standard InChI is InChI=1S/C14H23N.ClH/c1-11-6-7-14-13-5-3-2-4-12(13)8-9-15(14)10-11;/h11,14H,2-10H2,1H3;1H. The SMILES string of the molecule is CC1CCC2C3=C(CCCC3)CCN2C1.Cl. The first kappa shape index (κ1) is 12.4. The maximum absolute atomic E-state index is 2.78. The fourth-order valence-electron chi connectivity index (χ4n) is 3.84. The maximum atomic E-state index is 2.78. The van der Waals surface area contributed by atoms with E-state index in [9.17, 15) is 0 Å². The summed E-state index contributed by atoms with van der Waals surface area (Å²) in [5.74, 6) is 0.937. The van der Waals surface area contributed by atoms with E-state index in [-0.39, 0.29) is 12.4 Å². The number of fused-ring (bicyclic) bond motifs is 2. The first-order chi connectivity index (χ1) is 7.34. The van der Waals surface area contributed by atoms with Crippen LogP contribution in [0.5, 0.6) is 0 Å². The van der Waals surface area contributed by atoms with Crippen molar-refractivity contribution in [2.45, 2.75) is 57.9 Å². The van der Waals surface area contributed by atoms with Crippen molar-refractivity contribution in [2.24, 2.45) is 5.92 Å². The Morgan fingerprint density at radius 1 is 1.06 bits per heavy atom. The van der Waals surface area contributed by atoms with Gasteiger partial charge in [0.2, 0.25) is 0 Å². The Balaban J connectivity index is 0.000000963. The van der Waals surface area contributed by atoms with Crippen molar-refractivity contribution in [3.05, 3.63) is 11.1 Å². The molecule has 2 heterocycles. The summed E-state index contributed by atoms with van der Waals surface area (Å²) in [7, 11) is 0. The number of hydrogen-bond acceptors (Lipinski definition) is 1. The van der Waals surface area contributed by atoms with Gasteiger partial charge in [-0.15, -0.1) is 12.4 Å². The average molecular weight is 242 g/mol. The lowest BCUT2D eigenvalue weighted by molar-refractivity contribution is 0.120. The number of rotatable bonds is 0. The summed E-state index contributed by atoms with van der Waals surface area (Å²) < 4.78 is 0. The molecule has 92 valence electrons. The predicted molar refractivity (Wildman–Crippen MR) is 71.1 cm³/mol. The van der Waals surface area contributed by atoms with Gasteiger partial charge in [-0.1, -0.05) is 18.1 Å². The van der Waals surface area contributed by atoms with Gasteiger partial charge in [0, 0.05) is 19.1 Å². The van der Waals surface area contributed by atoms with Crippen LogP contribution in [0.4, 0.5) is 0 Å². The second-order valence-corrected chi connectivity index (χ2v) is 5.78. The minimum absolute atomic E-state index is 0. The molecule has 0 bridgehead atoms. The van der Waals surface area contributed by atoms with E-state index in [0.717, 1.165) is 12.0 Å². The van der Waals surface area contributed by atoms with Crippen LogP contribution < -0.4 is 0 Å². The third-order valence-electron chi connectivity index (χ3n) is 4.65. The van der Waals surface area contributed by atoms with Crippen LogP contribution in [0, 0.1) is 5.92 Å². The molecule has 3 rings (SSSR count). The van der Waals surface area contributed by atoms with Gasteiger partial charge in [-0.3, -0.25) is 4.90 Å². The molecular formula is C14H24ClN. The van der Waals surface area contributed by atoms with Gasteiger partial charge in [-0.05, 0) is 50.9 Å². The molecular weight excluding hydrogens is 218 g/mol. The van der Waals surface area contributed by atoms with Crippen LogP contribution in [0.25, 0.3) is 0 Å². The largest absolute Gasteiger partial charge is 0.296 e. The lowest BCUT2D eigenvalue weighted by atomic mass is 9.78. The normalized spacial score (nSPS) is 35.1. The van der Waals surface area contributed by atoms with E-state index in [0.29, 0.717) is 0 Å². The third kappa shape index (κ3) is 2.17. The summed E-state index contributed by atoms with van der Waals surface area (Å²) in [6.45, 7) is 5.14. The molecule has 0 aromatic heterocycles. The van der Waals surface area contributed by atoms with E-state index in [4.69, 9.17) is 0 Å². The highest BCUT2D eigenvalue weighted by atomic mass is 35.5. The molecule has 1 fully saturated rings. The molecule has 1 aliphatic carbocycles. The van der Waals surface area contributed by atoms with E-state index in [1.165, 1.54) is 58.0 Å². The molecule has 2 heteroatoms. The lowest BCUT2D eigenvalue weighted by Gasteiger charge is -2.45. The summed E-state index contributed by atoms with van der Waals surface area (Å²) in [6, 6.07) is 0.866. The van der Waals surface area contributed by atoms with Gasteiger partial charge in [-0.2, -0.15) is 0 Å². The second-order valence-electron chi connectivity index (χ2n) is 5.78. The molecule has 0 N–H and O–H groups in total. The van der Waals surface area contributed by atoms with Gasteiger partial charge in [0.1, 0.15) is 0 Å². The van der Waals surface area contributed by atoms with Gasteiger partial charge in [0.05, 0.1) is 0 Å². The minimum Gasteiger partial charge on any atom is -0.296 e. The van der Waals surface area contributed by atoms with E-state index in [1.807, 2.05) is 11.1 Å². The molecule has 0 aromatic carbocycles. The molecule has 2 unspecified atom stereocenters. The highest BCUT2D eigenvalue weighted by Gasteiger charge is 2.33. The predicted octanol–water partition coefficient (Wildman–Crippen LogP) is 3.78. The summed E-state index contributed by atoms with van der Waals surface area (Å²) in [4.78, 5) is 2.78. The molecule has 0 radical (unpaired) electrons. The first-order valence-corrected chi connectivity index (χ1v) is 6.79. The summed E-state index contributed by atoms with van der Waals surface area (Å²) >= 11 is 0. The summed E-state index contributed by atoms with van der Waals surface area (Å²) in [6.07, 6.45) is 10.1. The average Bonchev–Trinajstić information content (AvgIpc) is 2.28. The molecule has 1 saturated heterocycles. The smallest absolute Gasteiger partial charge is 0.0310 e. The molecule has 16 heavy (non-hydrogen) atoms. The molecule has 0 saturated carbocycles. The van der Waals surface area contributed by atoms with Crippen molar-refractivity contribution in [2.75, 3.05) is 13.1 Å². The Morgan fingerprint density at radius 2 is 1.88 bits per heavy atom. The Kier molecular flexibility index (Phi) is 3.97. The van der Waals surface area contributed by atoms with E-state index >= 15 is 0 Å². The monoisotopic (exact) mass is 241 g/mol. The molecule has 3 aliphatic rings. The topological polar surface area (TPSA) is 3.24 Å². The zero-order valence-electron chi connectivity index (χ0n) is 10.4. The van der Waals surface area contributed by atoms with Crippen molar-refractivity contribution in [1.29, 1.82) is 0 Å². The van der Waals surface area contributed by atoms with Crippen LogP contribution in [0.15, 0.2) is 11.1 Å². The van der Waals surface area contributed by atoms with E-state index < -0.39 is 0 Å². The lowest BCUT2D eigenvalue weighted by Crippen LogP contribution is -2.47. The molecule has 2 aliphatic heterocycles. The van der Waals surface area contributed by atoms with Gasteiger partial charge in [-0.25, -0.2) is 0 Å². The van der Waals surface area contributed by atoms with Gasteiger partial charge >= 0.3 is 0 Å². The summed E-state index contributed by atoms with van der Waals surface area (Å²) in [5.41, 5.74) is 3.73. The highest BCUT2D eigenvalue weighted by molar-refractivity contribution is 5.85. The fraction of sp³-hybridized carbons (Fsp3) is 0.857. The third-order valence-corrected chi connectivity index (χ3v) is 4.65. The molecule has 0 spiro atoms. The van der Waals surface area contributed by atoms with Gasteiger partial charge in [0.25, 0.3) is 0 Å². The van der Waals surface area contributed by atoms with Crippen LogP contribution >= 0.6 is 12.4 Å². The maximum Gasteiger partial charge on any atom is 0.0310 e. The second kappa shape index (κ2) is 5.10. The van der Waals surface area contributed by atoms with E-state index in [2.05, 4.69) is 11.8 Å². The van der Waals surface area contributed by atoms with Crippen molar-refractivity contribution in [3.63, 3.8) is 0 Å². The number of nitrogens with zero attached hydrogens (tertiary/aromatic N) is 1. The van der Waals surface area contributed by atoms with Crippen molar-refractivity contribution < 1.29 is 0 Å². The fourth-order valence-corrected chi connectivity index (χ4v) is 3.84. The molecule has 0 amide bonds. The van der Waals surface area contributed by atoms with Gasteiger partial charge in [0.15, 0.2) is 0 Å². The zero-order valence-corrected chi connectivity index (χ0v) is 11.2. The van der Waals surface area contributed by atoms with Crippen LogP contribution in [0.3, 0.4) is 0 Å². The quantitative estimate of drug-likeness (QED) is 0.584. The molecule has 0 aromatic rings. The Bertz CT molecular complexity index is 284. The zero-order chi connectivity index (χ0) is 10.3. The minimum atomic E-state index is 0. The molecule has 1 nitrogen and oxygen atoms in total. The van der Waals surface area contributed by atoms with E-state index in [1.54, 1.807) is 0 Å². The number of halogens is 1. The Hall–Kier alpha value is -0.0100. The highest BCUT2D eigenvalue weighted by Crippen LogP contribution is 2.39. The van der Waals surface area contributed by atoms with Crippen molar-refractivity contribution in [3.8, 4) is 0 Å². The first-order valence-electron chi connectivity index (χ1n) is 6.79. The van der Waals surface area contributed by atoms with Crippen LogP contribution in [-0.4, -0.2) is 24.0 Å². The van der Waals surface area contributed by atoms with Crippen molar-refractivity contribution in [1.82, 2.24) is 4.90 Å². The van der Waals surface area contributed by atoms with Crippen LogP contribution in [0.1, 0.15) is 51.9 Å². The number of hydrogen-bond donors (Lipinski definition) is 0. The summed E-state index contributed by atoms with van der Waals surface area (Å²) in [5, 5.41) is 0. The molecule has 2 atom stereocenters. The van der Waals surface area contributed by atoms with Gasteiger partial charge < -0.3 is 0 Å². The number of piperidine rings is 1.